The summed E-state index contributed by atoms with van der Waals surface area (Å²) in [6.07, 6.45) is 13.7. The molecule has 0 saturated heterocycles. The van der Waals surface area contributed by atoms with Crippen molar-refractivity contribution in [2.75, 3.05) is 10.6 Å². The van der Waals surface area contributed by atoms with Gasteiger partial charge < -0.3 is 16.0 Å². The number of thiophene rings is 1. The maximum Gasteiger partial charge on any atom is 0.157 e. The van der Waals surface area contributed by atoms with Crippen LogP contribution in [0.5, 0.6) is 0 Å². The van der Waals surface area contributed by atoms with Crippen molar-refractivity contribution in [3.63, 3.8) is 0 Å². The summed E-state index contributed by atoms with van der Waals surface area (Å²) < 4.78 is 16.1. The fraction of sp³-hybridized carbons (Fsp3) is 0.250. The van der Waals surface area contributed by atoms with Crippen LogP contribution in [0, 0.1) is 12.7 Å². The van der Waals surface area contributed by atoms with Crippen LogP contribution in [0.15, 0.2) is 91.2 Å². The molecule has 3 N–H and O–H groups in total. The van der Waals surface area contributed by atoms with Gasteiger partial charge in [-0.05, 0) is 62.8 Å². The van der Waals surface area contributed by atoms with E-state index in [1.165, 1.54) is 0 Å². The van der Waals surface area contributed by atoms with Crippen molar-refractivity contribution in [2.45, 2.75) is 52.5 Å². The normalized spacial score (nSPS) is 16.5. The molecule has 0 aromatic carbocycles. The van der Waals surface area contributed by atoms with Gasteiger partial charge in [0.2, 0.25) is 0 Å². The highest BCUT2D eigenvalue weighted by atomic mass is 32.1. The summed E-state index contributed by atoms with van der Waals surface area (Å²) in [6.45, 7) is 20.3. The Labute approximate surface area is 235 Å². The van der Waals surface area contributed by atoms with Crippen LogP contribution in [0.3, 0.4) is 0 Å². The number of unbranched alkanes of at least 4 members (excludes halogenated alkanes) is 1. The summed E-state index contributed by atoms with van der Waals surface area (Å²) in [7, 11) is 0. The average Bonchev–Trinajstić information content (AvgIpc) is 3.45. The summed E-state index contributed by atoms with van der Waals surface area (Å²) in [5, 5.41) is 12.1. The Balaban J connectivity index is 1.60. The highest BCUT2D eigenvalue weighted by Crippen LogP contribution is 2.48. The van der Waals surface area contributed by atoms with E-state index in [2.05, 4.69) is 58.6 Å². The van der Waals surface area contributed by atoms with Crippen LogP contribution < -0.4 is 16.0 Å². The molecule has 0 radical (unpaired) electrons. The molecule has 0 aliphatic carbocycles. The van der Waals surface area contributed by atoms with Crippen LogP contribution in [0.25, 0.3) is 16.0 Å². The summed E-state index contributed by atoms with van der Waals surface area (Å²) in [6, 6.07) is 4.10. The minimum absolute atomic E-state index is 0.273. The molecule has 39 heavy (non-hydrogen) atoms. The molecular formula is C32H36FN5S. The molecule has 1 aliphatic heterocycles. The van der Waals surface area contributed by atoms with Crippen LogP contribution in [0.1, 0.15) is 56.9 Å². The third kappa shape index (κ3) is 5.59. The molecule has 0 spiro atoms. The highest BCUT2D eigenvalue weighted by Gasteiger charge is 2.45. The van der Waals surface area contributed by atoms with E-state index in [1.807, 2.05) is 50.6 Å². The molecule has 1 atom stereocenters. The van der Waals surface area contributed by atoms with Gasteiger partial charge >= 0.3 is 0 Å². The van der Waals surface area contributed by atoms with Crippen molar-refractivity contribution >= 4 is 28.3 Å². The summed E-state index contributed by atoms with van der Waals surface area (Å²) in [5.74, 6) is -0.378. The van der Waals surface area contributed by atoms with Gasteiger partial charge in [0.05, 0.1) is 23.8 Å². The van der Waals surface area contributed by atoms with E-state index in [9.17, 15) is 0 Å². The smallest absolute Gasteiger partial charge is 0.157 e. The number of nitrogens with one attached hydrogen (secondary N) is 3. The van der Waals surface area contributed by atoms with E-state index in [-0.39, 0.29) is 11.5 Å². The van der Waals surface area contributed by atoms with Gasteiger partial charge in [-0.3, -0.25) is 9.97 Å². The number of nitrogens with zero attached hydrogens (tertiary/aromatic N) is 2. The second kappa shape index (κ2) is 11.8. The Morgan fingerprint density at radius 2 is 2.05 bits per heavy atom. The Bertz CT molecular complexity index is 1470. The lowest BCUT2D eigenvalue weighted by molar-refractivity contribution is 0.515. The number of allylic oxidation sites excluding steroid dienone is 5. The zero-order chi connectivity index (χ0) is 28.2. The van der Waals surface area contributed by atoms with Crippen molar-refractivity contribution < 1.29 is 4.39 Å². The molecular weight excluding hydrogens is 505 g/mol. The van der Waals surface area contributed by atoms with E-state index in [0.29, 0.717) is 22.5 Å². The Kier molecular flexibility index (Phi) is 8.51. The molecule has 0 bridgehead atoms. The zero-order valence-electron chi connectivity index (χ0n) is 23.1. The Morgan fingerprint density at radius 1 is 1.26 bits per heavy atom. The van der Waals surface area contributed by atoms with Gasteiger partial charge in [0.15, 0.2) is 5.82 Å². The summed E-state index contributed by atoms with van der Waals surface area (Å²) in [4.78, 5) is 10.0. The van der Waals surface area contributed by atoms with Crippen molar-refractivity contribution in [1.29, 1.82) is 0 Å². The van der Waals surface area contributed by atoms with E-state index in [1.54, 1.807) is 29.8 Å². The summed E-state index contributed by atoms with van der Waals surface area (Å²) >= 11 is 1.67. The number of anilines is 2. The van der Waals surface area contributed by atoms with E-state index >= 15 is 4.39 Å². The number of hydrogen-bond acceptors (Lipinski definition) is 6. The monoisotopic (exact) mass is 541 g/mol. The standard InChI is InChI=1S/C32H36FN5S/c1-8-11-13-20(4)36-24(10-3)16-23(9-2)31-30(33)29-27(19-35-31)38-32(29,7)22(6)37-26-18-34-17-25(21(26)5)28-14-12-15-39-28/h9-10,12,14-19,36-38H,3-4,6,8,11,13H2,1-2,5,7H3/b23-9+,24-16+. The first-order valence-electron chi connectivity index (χ1n) is 13.1. The molecule has 0 amide bonds. The topological polar surface area (TPSA) is 61.9 Å². The summed E-state index contributed by atoms with van der Waals surface area (Å²) in [5.41, 5.74) is 6.48. The van der Waals surface area contributed by atoms with Crippen LogP contribution in [0.2, 0.25) is 0 Å². The minimum atomic E-state index is -0.834. The molecule has 1 aliphatic rings. The van der Waals surface area contributed by atoms with Gasteiger partial charge in [0.25, 0.3) is 0 Å². The number of aromatic nitrogens is 2. The minimum Gasteiger partial charge on any atom is -0.369 e. The van der Waals surface area contributed by atoms with Crippen LogP contribution in [-0.2, 0) is 5.54 Å². The molecule has 7 heteroatoms. The maximum absolute atomic E-state index is 16.1. The zero-order valence-corrected chi connectivity index (χ0v) is 23.9. The predicted octanol–water partition coefficient (Wildman–Crippen LogP) is 8.69. The largest absolute Gasteiger partial charge is 0.369 e. The van der Waals surface area contributed by atoms with Gasteiger partial charge in [-0.2, -0.15) is 0 Å². The fourth-order valence-corrected chi connectivity index (χ4v) is 5.44. The number of hydrogen-bond donors (Lipinski definition) is 3. The van der Waals surface area contributed by atoms with Gasteiger partial charge in [-0.1, -0.05) is 45.2 Å². The van der Waals surface area contributed by atoms with Crippen molar-refractivity contribution in [1.82, 2.24) is 15.3 Å². The maximum atomic E-state index is 16.1. The van der Waals surface area contributed by atoms with Gasteiger partial charge in [-0.15, -0.1) is 11.3 Å². The van der Waals surface area contributed by atoms with Gasteiger partial charge in [0, 0.05) is 44.9 Å². The second-order valence-electron chi connectivity index (χ2n) is 9.78. The van der Waals surface area contributed by atoms with E-state index < -0.39 is 5.54 Å². The van der Waals surface area contributed by atoms with E-state index in [0.717, 1.165) is 52.3 Å². The lowest BCUT2D eigenvalue weighted by Crippen LogP contribution is -2.46. The molecule has 3 aromatic rings. The number of halogens is 1. The SMILES string of the molecule is C=C/C(=C\C(=C/C)c1ncc2c(c1F)C(C)(C(=C)Nc1cncc(-c3cccs3)c1C)N2)NC(=C)CCCC. The third-order valence-corrected chi connectivity index (χ3v) is 7.97. The average molecular weight is 542 g/mol. The van der Waals surface area contributed by atoms with Crippen molar-refractivity contribution in [3.8, 4) is 10.4 Å². The number of pyridine rings is 2. The molecule has 202 valence electrons. The lowest BCUT2D eigenvalue weighted by Gasteiger charge is -2.44. The predicted molar refractivity (Wildman–Crippen MR) is 164 cm³/mol. The molecule has 0 fully saturated rings. The molecule has 5 nitrogen and oxygen atoms in total. The van der Waals surface area contributed by atoms with Gasteiger partial charge in [0.1, 0.15) is 11.2 Å². The second-order valence-corrected chi connectivity index (χ2v) is 10.7. The number of rotatable bonds is 12. The van der Waals surface area contributed by atoms with Gasteiger partial charge in [-0.25, -0.2) is 4.39 Å². The van der Waals surface area contributed by atoms with E-state index in [4.69, 9.17) is 0 Å². The van der Waals surface area contributed by atoms with Crippen molar-refractivity contribution in [3.05, 3.63) is 114 Å². The molecule has 4 rings (SSSR count). The fourth-order valence-electron chi connectivity index (χ4n) is 4.65. The quantitative estimate of drug-likeness (QED) is 0.200. The van der Waals surface area contributed by atoms with Crippen LogP contribution in [-0.4, -0.2) is 9.97 Å². The first kappa shape index (κ1) is 28.0. The first-order valence-corrected chi connectivity index (χ1v) is 14.0. The van der Waals surface area contributed by atoms with Crippen LogP contribution >= 0.6 is 11.3 Å². The first-order chi connectivity index (χ1) is 18.7. The molecule has 1 unspecified atom stereocenters. The molecule has 0 saturated carbocycles. The third-order valence-electron chi connectivity index (χ3n) is 7.06. The molecule has 3 aromatic heterocycles. The molecule has 4 heterocycles. The Morgan fingerprint density at radius 3 is 2.72 bits per heavy atom. The number of fused-ring (bicyclic) bond motifs is 1. The van der Waals surface area contributed by atoms with Crippen LogP contribution in [0.4, 0.5) is 15.8 Å². The highest BCUT2D eigenvalue weighted by molar-refractivity contribution is 7.13. The van der Waals surface area contributed by atoms with Crippen molar-refractivity contribution in [2.24, 2.45) is 0 Å². The lowest BCUT2D eigenvalue weighted by atomic mass is 9.79. The Hall–Kier alpha value is -3.97.